The van der Waals surface area contributed by atoms with Gasteiger partial charge < -0.3 is 0 Å². The zero-order valence-electron chi connectivity index (χ0n) is 75.0. The Hall–Kier alpha value is -0.0551. The second kappa shape index (κ2) is 34.9. The molecule has 2 aliphatic heterocycles. The van der Waals surface area contributed by atoms with Gasteiger partial charge in [0.15, 0.2) is 6.71 Å². The van der Waals surface area contributed by atoms with Gasteiger partial charge in [-0.05, 0) is 331 Å². The molecule has 3 nitrogen and oxygen atoms in total. The van der Waals surface area contributed by atoms with Crippen LogP contribution < -0.4 is 0 Å². The summed E-state index contributed by atoms with van der Waals surface area (Å²) >= 11 is 0. The zero-order chi connectivity index (χ0) is 75.3. The number of rotatable bonds is 13. The summed E-state index contributed by atoms with van der Waals surface area (Å²) in [6, 6.07) is 7.56. The van der Waals surface area contributed by atoms with Crippen LogP contribution in [0, 0.1) is 153 Å². The summed E-state index contributed by atoms with van der Waals surface area (Å²) in [5.41, 5.74) is 0.880. The molecule has 18 aliphatic carbocycles. The van der Waals surface area contributed by atoms with Gasteiger partial charge in [0.25, 0.3) is 0 Å². The first-order valence-corrected chi connectivity index (χ1v) is 54.1. The molecule has 632 valence electrons. The Bertz CT molecular complexity index is 2840. The zero-order valence-corrected chi connectivity index (χ0v) is 75.0. The fourth-order valence-electron chi connectivity index (χ4n) is 39.3. The van der Waals surface area contributed by atoms with Crippen molar-refractivity contribution < 1.29 is 0 Å². The first-order chi connectivity index (χ1) is 54.8. The van der Waals surface area contributed by atoms with Gasteiger partial charge in [-0.2, -0.15) is 0 Å². The van der Waals surface area contributed by atoms with Crippen LogP contribution in [0.3, 0.4) is 0 Å². The first kappa shape index (κ1) is 80.4. The smallest absolute Gasteiger partial charge is 0.156 e. The molecule has 2 saturated heterocycles. The van der Waals surface area contributed by atoms with E-state index in [0.717, 1.165) is 221 Å². The van der Waals surface area contributed by atoms with Crippen molar-refractivity contribution in [3.8, 4) is 0 Å². The van der Waals surface area contributed by atoms with Crippen molar-refractivity contribution in [3.63, 3.8) is 0 Å². The quantitative estimate of drug-likeness (QED) is 0.170. The normalized spacial score (nSPS) is 47.6. The summed E-state index contributed by atoms with van der Waals surface area (Å²) < 4.78 is 0. The Kier molecular flexibility index (Phi) is 25.1. The molecule has 0 aromatic rings. The second-order valence-electron chi connectivity index (χ2n) is 50.4. The van der Waals surface area contributed by atoms with Crippen LogP contribution in [0.15, 0.2) is 0 Å². The summed E-state index contributed by atoms with van der Waals surface area (Å²) in [5.74, 6) is 26.9. The standard InChI is InChI=1S/C108H182BN3/c1-107(2,3)85-62-82-48-49-83-63-86(108(4,5)6)68-95-94(65-84(64-85)102(82)103(83)95)81-55-61-99-97(67-81)109-96-66-80(73-34-18-9-19-35-73)54-60-98(96)111(105-90(76-36-20-10-21-37-76)44-28-45-91(105)77-38-22-11-23-39-77)100-69-89(70-101(104(100)109)112(99)106-92(78-40-24-12-25-41-78)46-29-47-93(106)79-42-26-13-27-43-79)110(87-56-50-74(51-57-87)71-30-14-7-15-31-71)88-58-52-75(53-59-88)72-32-16-8-17-33-72/h71-106H,7-70H2,1-6H3. The number of hydrogen-bond acceptors (Lipinski definition) is 3. The van der Waals surface area contributed by atoms with Crippen LogP contribution in [0.5, 0.6) is 0 Å². The minimum atomic E-state index is 0.433. The summed E-state index contributed by atoms with van der Waals surface area (Å²) in [7, 11) is 0. The molecule has 0 amide bonds. The molecule has 0 aromatic carbocycles. The van der Waals surface area contributed by atoms with Crippen molar-refractivity contribution in [2.75, 3.05) is 0 Å². The maximum atomic E-state index is 4.05. The predicted octanol–water partition coefficient (Wildman–Crippen LogP) is 29.9. The van der Waals surface area contributed by atoms with Crippen molar-refractivity contribution in [2.45, 2.75) is 524 Å². The molecule has 0 radical (unpaired) electrons. The van der Waals surface area contributed by atoms with E-state index < -0.39 is 0 Å². The van der Waals surface area contributed by atoms with Crippen molar-refractivity contribution in [1.82, 2.24) is 14.7 Å². The molecular weight excluding hydrogens is 1350 g/mol. The monoisotopic (exact) mass is 1530 g/mol. The van der Waals surface area contributed by atoms with Crippen LogP contribution in [0.2, 0.25) is 17.5 Å². The Labute approximate surface area is 694 Å². The SMILES string of the molecule is CC(C)(C)C1CC2CCC3CC(C(C)(C)C)CC4C(C5CCC6C(C5)B5C7CC(C8CCCCC8)CCC7N(C7C(C8CCCCC8)CCCC7C7CCCCC7)C7CC(N(C8CCC(C9CCCCC9)CC8)C8CCC(C9CCCCC9)CC8)CC(C57)N6C5C(C6CCCCC6)CCCC5C5CCCCC5)CC(C1)C2C34. The van der Waals surface area contributed by atoms with Crippen molar-refractivity contribution >= 4 is 6.71 Å². The van der Waals surface area contributed by atoms with Gasteiger partial charge in [0.2, 0.25) is 0 Å². The molecule has 0 N–H and O–H groups in total. The Balaban J connectivity index is 0.768. The maximum absolute atomic E-state index is 4.05. The van der Waals surface area contributed by atoms with Crippen molar-refractivity contribution in [2.24, 2.45) is 153 Å². The molecule has 23 unspecified atom stereocenters. The third kappa shape index (κ3) is 15.8. The van der Waals surface area contributed by atoms with Gasteiger partial charge >= 0.3 is 0 Å². The lowest BCUT2D eigenvalue weighted by molar-refractivity contribution is -0.156. The molecule has 18 saturated carbocycles. The van der Waals surface area contributed by atoms with E-state index in [9.17, 15) is 0 Å². The lowest BCUT2D eigenvalue weighted by atomic mass is 9.17. The molecule has 0 bridgehead atoms. The van der Waals surface area contributed by atoms with Crippen LogP contribution in [0.4, 0.5) is 0 Å². The highest BCUT2D eigenvalue weighted by Crippen LogP contribution is 2.72. The summed E-state index contributed by atoms with van der Waals surface area (Å²) in [6.07, 6.45) is 101. The Morgan fingerprint density at radius 3 is 0.938 bits per heavy atom. The van der Waals surface area contributed by atoms with Crippen molar-refractivity contribution in [3.05, 3.63) is 0 Å². The Morgan fingerprint density at radius 1 is 0.214 bits per heavy atom. The average Bonchev–Trinajstić information content (AvgIpc) is 0.688. The van der Waals surface area contributed by atoms with E-state index in [1.165, 1.54) is 44.9 Å². The lowest BCUT2D eigenvalue weighted by Gasteiger charge is -2.73. The maximum Gasteiger partial charge on any atom is 0.156 e. The fourth-order valence-corrected chi connectivity index (χ4v) is 39.3. The largest absolute Gasteiger partial charge is 0.295 e. The third-order valence-electron chi connectivity index (χ3n) is 44.0. The Morgan fingerprint density at radius 2 is 0.536 bits per heavy atom. The van der Waals surface area contributed by atoms with Gasteiger partial charge in [0.1, 0.15) is 0 Å². The van der Waals surface area contributed by atoms with E-state index >= 15 is 0 Å². The van der Waals surface area contributed by atoms with Gasteiger partial charge in [-0.3, -0.25) is 14.7 Å². The van der Waals surface area contributed by atoms with E-state index in [0.29, 0.717) is 10.8 Å². The highest BCUT2D eigenvalue weighted by molar-refractivity contribution is 6.65. The number of fused-ring (bicyclic) bond motifs is 4. The van der Waals surface area contributed by atoms with Crippen LogP contribution in [0.25, 0.3) is 0 Å². The molecule has 4 heteroatoms. The molecule has 0 spiro atoms. The molecule has 20 aliphatic rings. The molecular formula is C108H182BN3. The van der Waals surface area contributed by atoms with Crippen LogP contribution in [-0.4, -0.2) is 75.8 Å². The summed E-state index contributed by atoms with van der Waals surface area (Å²) in [5, 5.41) is 0. The minimum absolute atomic E-state index is 0.433. The second-order valence-corrected chi connectivity index (χ2v) is 50.4. The minimum Gasteiger partial charge on any atom is -0.295 e. The van der Waals surface area contributed by atoms with Crippen LogP contribution in [0.1, 0.15) is 452 Å². The summed E-state index contributed by atoms with van der Waals surface area (Å²) in [6.45, 7) is 17.3. The molecule has 2 heterocycles. The highest BCUT2D eigenvalue weighted by Gasteiger charge is 2.70. The van der Waals surface area contributed by atoms with Gasteiger partial charge in [-0.25, -0.2) is 0 Å². The number of hydrogen-bond donors (Lipinski definition) is 0. The molecule has 20 rings (SSSR count). The topological polar surface area (TPSA) is 9.72 Å². The number of nitrogens with zero attached hydrogens (tertiary/aromatic N) is 3. The molecule has 0 aromatic heterocycles. The molecule has 23 atom stereocenters. The highest BCUT2D eigenvalue weighted by atomic mass is 15.3. The van der Waals surface area contributed by atoms with Gasteiger partial charge in [0.05, 0.1) is 0 Å². The van der Waals surface area contributed by atoms with E-state index in [1.54, 1.807) is 366 Å². The van der Waals surface area contributed by atoms with Crippen LogP contribution in [-0.2, 0) is 0 Å². The predicted molar refractivity (Wildman–Crippen MR) is 475 cm³/mol. The first-order valence-electron chi connectivity index (χ1n) is 54.1. The summed E-state index contributed by atoms with van der Waals surface area (Å²) in [4.78, 5) is 11.9. The van der Waals surface area contributed by atoms with Gasteiger partial charge in [0, 0.05) is 54.4 Å². The average molecular weight is 1530 g/mol. The molecule has 112 heavy (non-hydrogen) atoms. The third-order valence-corrected chi connectivity index (χ3v) is 44.0. The van der Waals surface area contributed by atoms with E-state index in [1.807, 2.05) is 0 Å². The lowest BCUT2D eigenvalue weighted by Crippen LogP contribution is -2.78. The van der Waals surface area contributed by atoms with E-state index in [4.69, 9.17) is 0 Å². The van der Waals surface area contributed by atoms with Crippen LogP contribution >= 0.6 is 0 Å². The fraction of sp³-hybridized carbons (Fsp3) is 1.00. The molecule has 20 fully saturated rings. The van der Waals surface area contributed by atoms with Gasteiger partial charge in [-0.1, -0.05) is 292 Å². The van der Waals surface area contributed by atoms with E-state index in [-0.39, 0.29) is 0 Å². The van der Waals surface area contributed by atoms with Crippen molar-refractivity contribution in [1.29, 1.82) is 0 Å². The van der Waals surface area contributed by atoms with Gasteiger partial charge in [-0.15, -0.1) is 0 Å². The van der Waals surface area contributed by atoms with E-state index in [2.05, 4.69) is 56.2 Å².